The Morgan fingerprint density at radius 2 is 2.19 bits per heavy atom. The number of amides is 1. The number of hydrogen-bond donors (Lipinski definition) is 2. The van der Waals surface area contributed by atoms with E-state index < -0.39 is 0 Å². The van der Waals surface area contributed by atoms with E-state index in [0.717, 1.165) is 17.1 Å². The molecule has 1 unspecified atom stereocenters. The highest BCUT2D eigenvalue weighted by atomic mass is 16.3. The fourth-order valence-electron chi connectivity index (χ4n) is 2.28. The van der Waals surface area contributed by atoms with Crippen LogP contribution < -0.4 is 5.32 Å². The minimum atomic E-state index is -0.253. The molecule has 0 aliphatic carbocycles. The van der Waals surface area contributed by atoms with Gasteiger partial charge >= 0.3 is 0 Å². The predicted octanol–water partition coefficient (Wildman–Crippen LogP) is 1.66. The van der Waals surface area contributed by atoms with Gasteiger partial charge in [-0.3, -0.25) is 9.78 Å². The van der Waals surface area contributed by atoms with E-state index in [1.165, 1.54) is 0 Å². The van der Waals surface area contributed by atoms with Crippen molar-refractivity contribution in [3.8, 4) is 0 Å². The maximum Gasteiger partial charge on any atom is 0.253 e. The molecule has 5 nitrogen and oxygen atoms in total. The maximum atomic E-state index is 12.2. The monoisotopic (exact) mass is 287 g/mol. The SMILES string of the molecule is Cc1cc(C(=O)NC(C)CO)c(C)n1Cc1ccccn1. The molecule has 0 saturated heterocycles. The van der Waals surface area contributed by atoms with Crippen LogP contribution in [0.2, 0.25) is 0 Å². The largest absolute Gasteiger partial charge is 0.394 e. The Labute approximate surface area is 124 Å². The first kappa shape index (κ1) is 15.3. The third kappa shape index (κ3) is 3.49. The predicted molar refractivity (Wildman–Crippen MR) is 81.3 cm³/mol. The summed E-state index contributed by atoms with van der Waals surface area (Å²) in [6.07, 6.45) is 1.76. The van der Waals surface area contributed by atoms with E-state index in [9.17, 15) is 4.79 Å². The van der Waals surface area contributed by atoms with Gasteiger partial charge < -0.3 is 15.0 Å². The number of aliphatic hydroxyl groups excluding tert-OH is 1. The Balaban J connectivity index is 2.23. The van der Waals surface area contributed by atoms with Crippen molar-refractivity contribution in [2.24, 2.45) is 0 Å². The highest BCUT2D eigenvalue weighted by molar-refractivity contribution is 5.95. The summed E-state index contributed by atoms with van der Waals surface area (Å²) in [4.78, 5) is 16.5. The lowest BCUT2D eigenvalue weighted by Crippen LogP contribution is -2.35. The van der Waals surface area contributed by atoms with Crippen molar-refractivity contribution < 1.29 is 9.90 Å². The minimum Gasteiger partial charge on any atom is -0.394 e. The highest BCUT2D eigenvalue weighted by Gasteiger charge is 2.17. The van der Waals surface area contributed by atoms with Crippen molar-refractivity contribution in [2.75, 3.05) is 6.61 Å². The summed E-state index contributed by atoms with van der Waals surface area (Å²) in [5.74, 6) is -0.156. The third-order valence-electron chi connectivity index (χ3n) is 3.52. The zero-order chi connectivity index (χ0) is 15.4. The molecule has 112 valence electrons. The summed E-state index contributed by atoms with van der Waals surface area (Å²) in [6, 6.07) is 7.42. The Kier molecular flexibility index (Phi) is 4.75. The van der Waals surface area contributed by atoms with Crippen molar-refractivity contribution in [1.82, 2.24) is 14.9 Å². The van der Waals surface area contributed by atoms with Gasteiger partial charge in [0.15, 0.2) is 0 Å². The van der Waals surface area contributed by atoms with Crippen molar-refractivity contribution >= 4 is 5.91 Å². The number of nitrogens with one attached hydrogen (secondary N) is 1. The topological polar surface area (TPSA) is 67.2 Å². The van der Waals surface area contributed by atoms with Crippen LogP contribution in [0.25, 0.3) is 0 Å². The second-order valence-electron chi connectivity index (χ2n) is 5.25. The number of carbonyl (C=O) groups excluding carboxylic acids is 1. The molecule has 5 heteroatoms. The standard InChI is InChI=1S/C16H21N3O2/c1-11(10-20)18-16(21)15-8-12(2)19(13(15)3)9-14-6-4-5-7-17-14/h4-8,11,20H,9-10H2,1-3H3,(H,18,21). The zero-order valence-electron chi connectivity index (χ0n) is 12.6. The zero-order valence-corrected chi connectivity index (χ0v) is 12.6. The second-order valence-corrected chi connectivity index (χ2v) is 5.25. The summed E-state index contributed by atoms with van der Waals surface area (Å²) in [5.41, 5.74) is 3.51. The number of rotatable bonds is 5. The van der Waals surface area contributed by atoms with Crippen LogP contribution in [0, 0.1) is 13.8 Å². The van der Waals surface area contributed by atoms with E-state index in [1.54, 1.807) is 13.1 Å². The number of aliphatic hydroxyl groups is 1. The first-order chi connectivity index (χ1) is 10.0. The smallest absolute Gasteiger partial charge is 0.253 e. The molecule has 21 heavy (non-hydrogen) atoms. The van der Waals surface area contributed by atoms with Crippen LogP contribution in [0.3, 0.4) is 0 Å². The molecule has 1 atom stereocenters. The van der Waals surface area contributed by atoms with Gasteiger partial charge in [0.05, 0.1) is 24.4 Å². The number of nitrogens with zero attached hydrogens (tertiary/aromatic N) is 2. The molecule has 0 aromatic carbocycles. The third-order valence-corrected chi connectivity index (χ3v) is 3.52. The molecule has 0 aliphatic heterocycles. The summed E-state index contributed by atoms with van der Waals surface area (Å²) >= 11 is 0. The van der Waals surface area contributed by atoms with Crippen LogP contribution in [0.1, 0.15) is 34.4 Å². The van der Waals surface area contributed by atoms with Gasteiger partial charge in [-0.2, -0.15) is 0 Å². The van der Waals surface area contributed by atoms with E-state index in [4.69, 9.17) is 5.11 Å². The first-order valence-corrected chi connectivity index (χ1v) is 7.01. The number of pyridine rings is 1. The lowest BCUT2D eigenvalue weighted by Gasteiger charge is -2.12. The molecule has 0 spiro atoms. The van der Waals surface area contributed by atoms with Crippen LogP contribution in [0.5, 0.6) is 0 Å². The molecular formula is C16H21N3O2. The number of aryl methyl sites for hydroxylation is 1. The molecule has 0 aliphatic rings. The van der Waals surface area contributed by atoms with Gasteiger partial charge in [0.2, 0.25) is 0 Å². The van der Waals surface area contributed by atoms with Crippen molar-refractivity contribution in [3.05, 3.63) is 53.1 Å². The van der Waals surface area contributed by atoms with E-state index in [0.29, 0.717) is 12.1 Å². The molecule has 0 saturated carbocycles. The van der Waals surface area contributed by atoms with Crippen LogP contribution >= 0.6 is 0 Å². The maximum absolute atomic E-state index is 12.2. The lowest BCUT2D eigenvalue weighted by atomic mass is 10.2. The van der Waals surface area contributed by atoms with Gasteiger partial charge in [-0.15, -0.1) is 0 Å². The molecule has 2 heterocycles. The Bertz CT molecular complexity index is 620. The Morgan fingerprint density at radius 3 is 2.81 bits per heavy atom. The summed E-state index contributed by atoms with van der Waals surface area (Å²) < 4.78 is 2.07. The quantitative estimate of drug-likeness (QED) is 0.879. The molecule has 2 aromatic rings. The Morgan fingerprint density at radius 1 is 1.43 bits per heavy atom. The first-order valence-electron chi connectivity index (χ1n) is 7.01. The van der Waals surface area contributed by atoms with Gasteiger partial charge in [0.1, 0.15) is 0 Å². The number of carbonyl (C=O) groups is 1. The van der Waals surface area contributed by atoms with Gasteiger partial charge in [0.25, 0.3) is 5.91 Å². The average molecular weight is 287 g/mol. The number of aromatic nitrogens is 2. The fraction of sp³-hybridized carbons (Fsp3) is 0.375. The molecule has 0 radical (unpaired) electrons. The minimum absolute atomic E-state index is 0.0710. The van der Waals surface area contributed by atoms with Crippen molar-refractivity contribution in [1.29, 1.82) is 0 Å². The van der Waals surface area contributed by atoms with E-state index in [2.05, 4.69) is 14.9 Å². The fourth-order valence-corrected chi connectivity index (χ4v) is 2.28. The van der Waals surface area contributed by atoms with Gasteiger partial charge in [0, 0.05) is 23.6 Å². The molecule has 1 amide bonds. The molecular weight excluding hydrogens is 266 g/mol. The van der Waals surface area contributed by atoms with Crippen molar-refractivity contribution in [2.45, 2.75) is 33.4 Å². The molecule has 2 N–H and O–H groups in total. The van der Waals surface area contributed by atoms with Crippen LogP contribution in [-0.2, 0) is 6.54 Å². The highest BCUT2D eigenvalue weighted by Crippen LogP contribution is 2.16. The van der Waals surface area contributed by atoms with E-state index >= 15 is 0 Å². The molecule has 0 fully saturated rings. The summed E-state index contributed by atoms with van der Waals surface area (Å²) in [7, 11) is 0. The normalized spacial score (nSPS) is 12.2. The van der Waals surface area contributed by atoms with Crippen molar-refractivity contribution in [3.63, 3.8) is 0 Å². The molecule has 2 rings (SSSR count). The number of hydrogen-bond acceptors (Lipinski definition) is 3. The van der Waals surface area contributed by atoms with E-state index in [1.807, 2.05) is 38.1 Å². The lowest BCUT2D eigenvalue weighted by molar-refractivity contribution is 0.0921. The summed E-state index contributed by atoms with van der Waals surface area (Å²) in [5, 5.41) is 11.8. The van der Waals surface area contributed by atoms with Gasteiger partial charge in [-0.1, -0.05) is 6.07 Å². The Hall–Kier alpha value is -2.14. The molecule has 0 bridgehead atoms. The van der Waals surface area contributed by atoms with Gasteiger partial charge in [-0.25, -0.2) is 0 Å². The van der Waals surface area contributed by atoms with E-state index in [-0.39, 0.29) is 18.6 Å². The average Bonchev–Trinajstić information content (AvgIpc) is 2.76. The van der Waals surface area contributed by atoms with Gasteiger partial charge in [-0.05, 0) is 39.0 Å². The molecule has 2 aromatic heterocycles. The van der Waals surface area contributed by atoms with Crippen LogP contribution in [-0.4, -0.2) is 33.2 Å². The summed E-state index contributed by atoms with van der Waals surface area (Å²) in [6.45, 7) is 6.24. The van der Waals surface area contributed by atoms with Crippen LogP contribution in [0.4, 0.5) is 0 Å². The van der Waals surface area contributed by atoms with Crippen LogP contribution in [0.15, 0.2) is 30.5 Å². The second kappa shape index (κ2) is 6.54.